The summed E-state index contributed by atoms with van der Waals surface area (Å²) in [6.45, 7) is 1.000. The number of nitriles is 1. The number of carbonyl (C=O) groups excluding carboxylic acids is 1. The summed E-state index contributed by atoms with van der Waals surface area (Å²) in [4.78, 5) is 9.56. The van der Waals surface area contributed by atoms with Gasteiger partial charge in [0.25, 0.3) is 0 Å². The fourth-order valence-electron chi connectivity index (χ4n) is 0. The van der Waals surface area contributed by atoms with Gasteiger partial charge < -0.3 is 5.11 Å². The van der Waals surface area contributed by atoms with Gasteiger partial charge >= 0.3 is 29.6 Å². The molecule has 0 radical (unpaired) electrons. The molecule has 0 aliphatic carbocycles. The Labute approximate surface area is 77.8 Å². The smallest absolute Gasteiger partial charge is 0.389 e. The van der Waals surface area contributed by atoms with E-state index in [2.05, 4.69) is 0 Å². The number of aliphatic hydroxyl groups excluding tert-OH is 1. The molecule has 0 fully saturated rings. The summed E-state index contributed by atoms with van der Waals surface area (Å²) in [5.41, 5.74) is 0. The molecular formula is C4H9BNNaO2. The molecule has 0 aromatic rings. The fourth-order valence-corrected chi connectivity index (χ4v) is 0. The topological polar surface area (TPSA) is 61.1 Å². The van der Waals surface area contributed by atoms with Crippen LogP contribution in [0.5, 0.6) is 0 Å². The maximum Gasteiger partial charge on any atom is 1.00 e. The molecule has 0 aliphatic heterocycles. The number of aliphatic hydroxyl groups is 1. The molecule has 1 N–H and O–H groups in total. The van der Waals surface area contributed by atoms with Gasteiger partial charge in [-0.15, -0.1) is 0 Å². The maximum atomic E-state index is 9.56. The Balaban J connectivity index is -0.0000000800. The summed E-state index contributed by atoms with van der Waals surface area (Å²) in [6.07, 6.45) is 0. The molecule has 0 aromatic heterocycles. The van der Waals surface area contributed by atoms with Gasteiger partial charge in [-0.1, -0.05) is 0 Å². The minimum absolute atomic E-state index is 0. The van der Waals surface area contributed by atoms with E-state index in [-0.39, 0.29) is 49.8 Å². The summed E-state index contributed by atoms with van der Waals surface area (Å²) in [5.74, 6) is 1.81. The summed E-state index contributed by atoms with van der Waals surface area (Å²) >= 11 is 0. The van der Waals surface area contributed by atoms with Crippen LogP contribution in [0.25, 0.3) is 0 Å². The van der Waals surface area contributed by atoms with Crippen molar-refractivity contribution in [3.8, 4) is 5.97 Å². The first kappa shape index (κ1) is 16.1. The second-order valence-corrected chi connectivity index (χ2v) is 0.860. The molecule has 0 spiro atoms. The van der Waals surface area contributed by atoms with Crippen LogP contribution >= 0.6 is 0 Å². The summed E-state index contributed by atoms with van der Waals surface area (Å²) < 4.78 is 0. The van der Waals surface area contributed by atoms with E-state index in [1.54, 1.807) is 0 Å². The third-order valence-corrected chi connectivity index (χ3v) is 0.223. The number of ketones is 1. The summed E-state index contributed by atoms with van der Waals surface area (Å²) in [7, 11) is 0.0694. The zero-order valence-electron chi connectivity index (χ0n) is 5.01. The molecule has 46 valence electrons. The van der Waals surface area contributed by atoms with E-state index in [0.29, 0.717) is 0 Å². The predicted octanol–water partition coefficient (Wildman–Crippen LogP) is -4.60. The molecule has 0 unspecified atom stereocenters. The van der Waals surface area contributed by atoms with Crippen molar-refractivity contribution in [1.82, 2.24) is 0 Å². The number of Topliss-reactive ketones (excluding diaryl/α,β-unsaturated/α-hetero) is 1. The Kier molecular flexibility index (Phi) is 28.1. The second kappa shape index (κ2) is 15.7. The van der Waals surface area contributed by atoms with Gasteiger partial charge in [0.15, 0.2) is 5.78 Å². The number of hydrogen-bond donors (Lipinski definition) is 1. The van der Waals surface area contributed by atoms with Crippen LogP contribution < -0.4 is 29.6 Å². The minimum Gasteiger partial charge on any atom is -0.389 e. The minimum atomic E-state index is -0.333. The van der Waals surface area contributed by atoms with Crippen molar-refractivity contribution >= 4 is 13.6 Å². The molecule has 0 saturated carbocycles. The first-order chi connectivity index (χ1) is 3.68. The van der Waals surface area contributed by atoms with Crippen LogP contribution in [-0.4, -0.2) is 25.3 Å². The van der Waals surface area contributed by atoms with E-state index in [1.807, 2.05) is 5.97 Å². The Hall–Kier alpha value is 0.185. The second-order valence-electron chi connectivity index (χ2n) is 0.860. The molecule has 9 heavy (non-hydrogen) atoms. The molecule has 3 nitrogen and oxygen atoms in total. The largest absolute Gasteiger partial charge is 1.00 e. The molecule has 0 saturated heterocycles. The molecule has 5 heteroatoms. The molecule has 0 atom stereocenters. The van der Waals surface area contributed by atoms with Crippen molar-refractivity contribution in [2.75, 3.05) is 6.61 Å². The van der Waals surface area contributed by atoms with Crippen LogP contribution in [0.1, 0.15) is 6.92 Å². The van der Waals surface area contributed by atoms with Crippen molar-refractivity contribution < 1.29 is 39.5 Å². The summed E-state index contributed by atoms with van der Waals surface area (Å²) in [6, 6.07) is 0. The van der Waals surface area contributed by atoms with Gasteiger partial charge in [-0.3, -0.25) is 10.1 Å². The van der Waals surface area contributed by atoms with Crippen molar-refractivity contribution in [2.24, 2.45) is 0 Å². The Morgan fingerprint density at radius 2 is 2.00 bits per heavy atom. The van der Waals surface area contributed by atoms with Gasteiger partial charge in [-0.25, -0.2) is 0 Å². The molecule has 0 aromatic carbocycles. The van der Waals surface area contributed by atoms with E-state index < -0.39 is 0 Å². The number of carbonyl (C=O) groups is 1. The van der Waals surface area contributed by atoms with Gasteiger partial charge in [0.2, 0.25) is 0 Å². The van der Waals surface area contributed by atoms with Crippen molar-refractivity contribution in [3.63, 3.8) is 0 Å². The van der Waals surface area contributed by atoms with Crippen molar-refractivity contribution in [3.05, 3.63) is 0 Å². The van der Waals surface area contributed by atoms with Crippen LogP contribution in [0.4, 0.5) is 0 Å². The van der Waals surface area contributed by atoms with Gasteiger partial charge in [0.1, 0.15) is 6.61 Å². The van der Waals surface area contributed by atoms with E-state index in [4.69, 9.17) is 10.4 Å². The number of hydrogen-bond acceptors (Lipinski definition) is 3. The molecule has 0 rings (SSSR count). The van der Waals surface area contributed by atoms with Gasteiger partial charge in [0, 0.05) is 0 Å². The Bertz CT molecular complexity index is 101. The van der Waals surface area contributed by atoms with Crippen molar-refractivity contribution in [1.29, 1.82) is 5.26 Å². The zero-order valence-corrected chi connectivity index (χ0v) is 7.01. The number of nitrogens with zero attached hydrogens (tertiary/aromatic N) is 1. The van der Waals surface area contributed by atoms with Crippen LogP contribution in [0.15, 0.2) is 0 Å². The summed E-state index contributed by atoms with van der Waals surface area (Å²) in [5, 5.41) is 15.2. The molecular weight excluding hydrogens is 128 g/mol. The zero-order chi connectivity index (χ0) is 6.99. The van der Waals surface area contributed by atoms with E-state index in [1.165, 1.54) is 6.92 Å². The van der Waals surface area contributed by atoms with Crippen LogP contribution in [-0.2, 0) is 4.79 Å². The fraction of sp³-hybridized carbons (Fsp3) is 0.500. The average molecular weight is 137 g/mol. The van der Waals surface area contributed by atoms with Gasteiger partial charge in [-0.2, -0.15) is 5.97 Å². The third-order valence-electron chi connectivity index (χ3n) is 0.223. The first-order valence-corrected chi connectivity index (χ1v) is 1.60. The SMILES string of the molecule is CC(=O)CO.[BH3-]C#N.[Na+]. The van der Waals surface area contributed by atoms with Crippen LogP contribution in [0.3, 0.4) is 0 Å². The van der Waals surface area contributed by atoms with E-state index in [9.17, 15) is 4.79 Å². The molecule has 0 aliphatic rings. The van der Waals surface area contributed by atoms with Crippen LogP contribution in [0.2, 0.25) is 0 Å². The first-order valence-electron chi connectivity index (χ1n) is 1.60. The van der Waals surface area contributed by atoms with E-state index >= 15 is 0 Å². The Morgan fingerprint density at radius 1 is 1.89 bits per heavy atom. The standard InChI is InChI=1S/C3H6O2.CH3BN.Na/c1-3(5)2-4;2-1-3;/h4H,2H2,1H3;2H3;/q;-1;+1. The monoisotopic (exact) mass is 137 g/mol. The van der Waals surface area contributed by atoms with Gasteiger partial charge in [0.05, 0.1) is 7.85 Å². The normalized spacial score (nSPS) is 5.11. The molecule has 0 heterocycles. The van der Waals surface area contributed by atoms with Crippen LogP contribution in [0, 0.1) is 11.2 Å². The van der Waals surface area contributed by atoms with E-state index in [0.717, 1.165) is 0 Å². The quantitative estimate of drug-likeness (QED) is 0.370. The number of rotatable bonds is 1. The third kappa shape index (κ3) is 65.6. The molecule has 0 amide bonds. The predicted molar refractivity (Wildman–Crippen MR) is 33.3 cm³/mol. The maximum absolute atomic E-state index is 9.56. The average Bonchev–Trinajstić information content (AvgIpc) is 1.69. The Morgan fingerprint density at radius 3 is 2.00 bits per heavy atom. The molecule has 0 bridgehead atoms. The van der Waals surface area contributed by atoms with Gasteiger partial charge in [-0.05, 0) is 6.92 Å². The van der Waals surface area contributed by atoms with Crippen molar-refractivity contribution in [2.45, 2.75) is 6.92 Å².